The molecule has 7 heteroatoms. The summed E-state index contributed by atoms with van der Waals surface area (Å²) in [6.07, 6.45) is -0.213. The van der Waals surface area contributed by atoms with E-state index in [1.807, 2.05) is 0 Å². The number of esters is 3. The fraction of sp³-hybridized carbons (Fsp3) is 0.312. The van der Waals surface area contributed by atoms with E-state index < -0.39 is 29.6 Å². The largest absolute Gasteiger partial charge is 0.463 e. The molecule has 1 fully saturated rings. The maximum atomic E-state index is 12.9. The normalized spacial score (nSPS) is 18.3. The van der Waals surface area contributed by atoms with E-state index in [0.29, 0.717) is 11.4 Å². The SMILES string of the molecule is CCOC(=O)/C(=C(\C)Nc1ccc(F)cc1)[C@H]1CC(=O)OC1=O. The van der Waals surface area contributed by atoms with Gasteiger partial charge in [-0.1, -0.05) is 0 Å². The first kappa shape index (κ1) is 16.7. The minimum atomic E-state index is -1.01. The van der Waals surface area contributed by atoms with Gasteiger partial charge in [0.05, 0.1) is 18.6 Å². The van der Waals surface area contributed by atoms with Crippen molar-refractivity contribution in [3.05, 3.63) is 41.4 Å². The highest BCUT2D eigenvalue weighted by atomic mass is 19.1. The fourth-order valence-electron chi connectivity index (χ4n) is 2.28. The second-order valence-electron chi connectivity index (χ2n) is 4.94. The van der Waals surface area contributed by atoms with Crippen LogP contribution in [0, 0.1) is 11.7 Å². The van der Waals surface area contributed by atoms with Crippen LogP contribution in [0.3, 0.4) is 0 Å². The Morgan fingerprint density at radius 1 is 1.35 bits per heavy atom. The summed E-state index contributed by atoms with van der Waals surface area (Å²) >= 11 is 0. The van der Waals surface area contributed by atoms with E-state index in [-0.39, 0.29) is 18.6 Å². The van der Waals surface area contributed by atoms with E-state index in [2.05, 4.69) is 10.1 Å². The van der Waals surface area contributed by atoms with Gasteiger partial charge in [0.2, 0.25) is 0 Å². The third kappa shape index (κ3) is 3.94. The quantitative estimate of drug-likeness (QED) is 0.508. The minimum Gasteiger partial charge on any atom is -0.463 e. The minimum absolute atomic E-state index is 0.0343. The summed E-state index contributed by atoms with van der Waals surface area (Å²) in [5.74, 6) is -3.56. The maximum absolute atomic E-state index is 12.9. The van der Waals surface area contributed by atoms with Crippen LogP contribution < -0.4 is 5.32 Å². The molecule has 0 saturated carbocycles. The first-order valence-corrected chi connectivity index (χ1v) is 7.07. The van der Waals surface area contributed by atoms with Crippen molar-refractivity contribution in [2.75, 3.05) is 11.9 Å². The number of carbonyl (C=O) groups is 3. The third-order valence-corrected chi connectivity index (χ3v) is 3.29. The molecular weight excluding hydrogens is 305 g/mol. The van der Waals surface area contributed by atoms with Gasteiger partial charge in [0.15, 0.2) is 0 Å². The molecule has 0 amide bonds. The Bertz CT molecular complexity index is 666. The molecule has 1 atom stereocenters. The van der Waals surface area contributed by atoms with E-state index in [4.69, 9.17) is 4.74 Å². The average Bonchev–Trinajstić information content (AvgIpc) is 2.80. The highest BCUT2D eigenvalue weighted by Gasteiger charge is 2.40. The van der Waals surface area contributed by atoms with Crippen LogP contribution in [0.5, 0.6) is 0 Å². The molecule has 1 N–H and O–H groups in total. The van der Waals surface area contributed by atoms with Gasteiger partial charge in [-0.15, -0.1) is 0 Å². The predicted octanol–water partition coefficient (Wildman–Crippen LogP) is 2.16. The van der Waals surface area contributed by atoms with E-state index in [0.717, 1.165) is 0 Å². The number of hydrogen-bond donors (Lipinski definition) is 1. The number of rotatable bonds is 5. The van der Waals surface area contributed by atoms with Crippen LogP contribution in [0.2, 0.25) is 0 Å². The Balaban J connectivity index is 2.34. The van der Waals surface area contributed by atoms with Gasteiger partial charge >= 0.3 is 17.9 Å². The molecule has 1 aliphatic heterocycles. The van der Waals surface area contributed by atoms with Crippen LogP contribution in [0.25, 0.3) is 0 Å². The van der Waals surface area contributed by atoms with Crippen LogP contribution in [0.1, 0.15) is 20.3 Å². The lowest BCUT2D eigenvalue weighted by Gasteiger charge is -2.15. The molecule has 0 aromatic heterocycles. The molecular formula is C16H16FNO5. The summed E-state index contributed by atoms with van der Waals surface area (Å²) in [4.78, 5) is 35.2. The van der Waals surface area contributed by atoms with Gasteiger partial charge in [-0.25, -0.2) is 9.18 Å². The molecule has 6 nitrogen and oxygen atoms in total. The number of allylic oxidation sites excluding steroid dienone is 1. The van der Waals surface area contributed by atoms with Crippen molar-refractivity contribution in [2.45, 2.75) is 20.3 Å². The standard InChI is InChI=1S/C16H16FNO5/c1-3-22-16(21)14(12-8-13(19)23-15(12)20)9(2)18-11-6-4-10(17)5-7-11/h4-7,12,18H,3,8H2,1-2H3/b14-9+/t12-/m1/s1. The Morgan fingerprint density at radius 3 is 2.52 bits per heavy atom. The summed E-state index contributed by atoms with van der Waals surface area (Å²) in [6.45, 7) is 3.34. The average molecular weight is 321 g/mol. The molecule has 122 valence electrons. The zero-order valence-corrected chi connectivity index (χ0v) is 12.7. The molecule has 2 rings (SSSR count). The number of hydrogen-bond acceptors (Lipinski definition) is 6. The van der Waals surface area contributed by atoms with Crippen LogP contribution in [-0.2, 0) is 23.9 Å². The molecule has 1 heterocycles. The lowest BCUT2D eigenvalue weighted by atomic mass is 9.95. The summed E-state index contributed by atoms with van der Waals surface area (Å²) in [5, 5.41) is 2.91. The summed E-state index contributed by atoms with van der Waals surface area (Å²) < 4.78 is 22.4. The molecule has 23 heavy (non-hydrogen) atoms. The molecule has 0 spiro atoms. The maximum Gasteiger partial charge on any atom is 0.336 e. The number of nitrogens with one attached hydrogen (secondary N) is 1. The van der Waals surface area contributed by atoms with Gasteiger partial charge in [0, 0.05) is 11.4 Å². The van der Waals surface area contributed by atoms with Gasteiger partial charge in [-0.3, -0.25) is 9.59 Å². The highest BCUT2D eigenvalue weighted by molar-refractivity contribution is 6.04. The second kappa shape index (κ2) is 7.04. The molecule has 1 aromatic carbocycles. The third-order valence-electron chi connectivity index (χ3n) is 3.29. The van der Waals surface area contributed by atoms with Crippen LogP contribution in [0.15, 0.2) is 35.5 Å². The van der Waals surface area contributed by atoms with E-state index in [1.165, 1.54) is 24.3 Å². The Labute approximate surface area is 132 Å². The van der Waals surface area contributed by atoms with E-state index >= 15 is 0 Å². The van der Waals surface area contributed by atoms with Gasteiger partial charge in [0.25, 0.3) is 0 Å². The number of benzene rings is 1. The van der Waals surface area contributed by atoms with Gasteiger partial charge in [-0.05, 0) is 38.1 Å². The number of carbonyl (C=O) groups excluding carboxylic acids is 3. The Morgan fingerprint density at radius 2 is 2.00 bits per heavy atom. The van der Waals surface area contributed by atoms with Crippen LogP contribution in [0.4, 0.5) is 10.1 Å². The van der Waals surface area contributed by atoms with Crippen molar-refractivity contribution in [3.63, 3.8) is 0 Å². The first-order valence-electron chi connectivity index (χ1n) is 7.07. The summed E-state index contributed by atoms with van der Waals surface area (Å²) in [7, 11) is 0. The van der Waals surface area contributed by atoms with E-state index in [9.17, 15) is 18.8 Å². The molecule has 1 saturated heterocycles. The van der Waals surface area contributed by atoms with Crippen molar-refractivity contribution in [1.82, 2.24) is 0 Å². The Hall–Kier alpha value is -2.70. The van der Waals surface area contributed by atoms with Crippen molar-refractivity contribution < 1.29 is 28.2 Å². The van der Waals surface area contributed by atoms with Crippen molar-refractivity contribution in [3.8, 4) is 0 Å². The van der Waals surface area contributed by atoms with Crippen LogP contribution >= 0.6 is 0 Å². The lowest BCUT2D eigenvalue weighted by molar-refractivity contribution is -0.153. The summed E-state index contributed by atoms with van der Waals surface area (Å²) in [6, 6.07) is 5.49. The smallest absolute Gasteiger partial charge is 0.336 e. The predicted molar refractivity (Wildman–Crippen MR) is 78.6 cm³/mol. The first-order chi connectivity index (χ1) is 10.9. The molecule has 1 aromatic rings. The zero-order chi connectivity index (χ0) is 17.0. The van der Waals surface area contributed by atoms with Crippen molar-refractivity contribution in [1.29, 1.82) is 0 Å². The molecule has 0 aliphatic carbocycles. The fourth-order valence-corrected chi connectivity index (χ4v) is 2.28. The lowest BCUT2D eigenvalue weighted by Crippen LogP contribution is -2.23. The number of ether oxygens (including phenoxy) is 2. The van der Waals surface area contributed by atoms with Gasteiger partial charge in [0.1, 0.15) is 11.7 Å². The number of cyclic esters (lactones) is 2. The summed E-state index contributed by atoms with van der Waals surface area (Å²) in [5.41, 5.74) is 0.905. The van der Waals surface area contributed by atoms with E-state index in [1.54, 1.807) is 13.8 Å². The monoisotopic (exact) mass is 321 g/mol. The molecule has 0 radical (unpaired) electrons. The number of anilines is 1. The van der Waals surface area contributed by atoms with Crippen molar-refractivity contribution >= 4 is 23.6 Å². The van der Waals surface area contributed by atoms with Gasteiger partial charge in [-0.2, -0.15) is 0 Å². The zero-order valence-electron chi connectivity index (χ0n) is 12.7. The second-order valence-corrected chi connectivity index (χ2v) is 4.94. The molecule has 0 bridgehead atoms. The topological polar surface area (TPSA) is 81.7 Å². The number of halogens is 1. The molecule has 0 unspecified atom stereocenters. The van der Waals surface area contributed by atoms with Crippen LogP contribution in [-0.4, -0.2) is 24.5 Å². The molecule has 1 aliphatic rings. The van der Waals surface area contributed by atoms with Gasteiger partial charge < -0.3 is 14.8 Å². The van der Waals surface area contributed by atoms with Crippen molar-refractivity contribution in [2.24, 2.45) is 5.92 Å². The Kier molecular flexibility index (Phi) is 5.10. The highest BCUT2D eigenvalue weighted by Crippen LogP contribution is 2.28.